The summed E-state index contributed by atoms with van der Waals surface area (Å²) in [4.78, 5) is 12.4. The zero-order valence-electron chi connectivity index (χ0n) is 16.8. The molecule has 0 radical (unpaired) electrons. The molecule has 0 aliphatic carbocycles. The van der Waals surface area contributed by atoms with E-state index in [0.29, 0.717) is 46.3 Å². The van der Waals surface area contributed by atoms with E-state index in [2.05, 4.69) is 15.5 Å². The number of hydrogen-bond donors (Lipinski definition) is 1. The summed E-state index contributed by atoms with van der Waals surface area (Å²) in [6.45, 7) is 5.31. The minimum atomic E-state index is -0.147. The Balaban J connectivity index is 1.59. The summed E-state index contributed by atoms with van der Waals surface area (Å²) >= 11 is 7.44. The van der Waals surface area contributed by atoms with E-state index in [-0.39, 0.29) is 18.3 Å². The summed E-state index contributed by atoms with van der Waals surface area (Å²) in [7, 11) is 0. The Morgan fingerprint density at radius 1 is 1.07 bits per heavy atom. The van der Waals surface area contributed by atoms with E-state index >= 15 is 0 Å². The zero-order valence-corrected chi connectivity index (χ0v) is 18.4. The van der Waals surface area contributed by atoms with Crippen molar-refractivity contribution in [1.29, 1.82) is 0 Å². The summed E-state index contributed by atoms with van der Waals surface area (Å²) in [5.74, 6) is 1.96. The molecule has 2 aromatic carbocycles. The minimum absolute atomic E-state index is 0.147. The molecule has 0 saturated heterocycles. The number of aromatic nitrogens is 3. The lowest BCUT2D eigenvalue weighted by molar-refractivity contribution is -0.113. The smallest absolute Gasteiger partial charge is 0.234 e. The second-order valence-electron chi connectivity index (χ2n) is 6.13. The quantitative estimate of drug-likeness (QED) is 0.456. The molecule has 3 aromatic rings. The maximum Gasteiger partial charge on any atom is 0.234 e. The highest BCUT2D eigenvalue weighted by Gasteiger charge is 2.15. The van der Waals surface area contributed by atoms with Crippen LogP contribution in [0.3, 0.4) is 0 Å². The van der Waals surface area contributed by atoms with Gasteiger partial charge in [0, 0.05) is 6.54 Å². The van der Waals surface area contributed by atoms with Crippen molar-refractivity contribution in [3.05, 3.63) is 59.4 Å². The standard InChI is InChI=1S/C21H23ClN4O3S/c1-3-26-19(13-29-17-11-7-5-9-15(17)22)24-25-21(26)30-14-20(27)23-16-10-6-8-12-18(16)28-4-2/h5-12H,3-4,13-14H2,1-2H3,(H,23,27). The SMILES string of the molecule is CCOc1ccccc1NC(=O)CSc1nnc(COc2ccccc2Cl)n1CC. The van der Waals surface area contributed by atoms with Gasteiger partial charge in [-0.25, -0.2) is 0 Å². The van der Waals surface area contributed by atoms with Crippen LogP contribution in [0.15, 0.2) is 53.7 Å². The molecule has 158 valence electrons. The molecule has 1 N–H and O–H groups in total. The number of halogens is 1. The summed E-state index contributed by atoms with van der Waals surface area (Å²) in [6.07, 6.45) is 0. The van der Waals surface area contributed by atoms with E-state index in [4.69, 9.17) is 21.1 Å². The van der Waals surface area contributed by atoms with Crippen LogP contribution >= 0.6 is 23.4 Å². The fourth-order valence-electron chi connectivity index (χ4n) is 2.72. The number of carbonyl (C=O) groups excluding carboxylic acids is 1. The van der Waals surface area contributed by atoms with Crippen molar-refractivity contribution in [3.8, 4) is 11.5 Å². The van der Waals surface area contributed by atoms with Crippen LogP contribution in [0.1, 0.15) is 19.7 Å². The first kappa shape index (κ1) is 22.0. The van der Waals surface area contributed by atoms with E-state index in [1.54, 1.807) is 12.1 Å². The van der Waals surface area contributed by atoms with Gasteiger partial charge < -0.3 is 19.4 Å². The van der Waals surface area contributed by atoms with E-state index in [9.17, 15) is 4.79 Å². The number of anilines is 1. The highest BCUT2D eigenvalue weighted by atomic mass is 35.5. The lowest BCUT2D eigenvalue weighted by atomic mass is 10.3. The van der Waals surface area contributed by atoms with Gasteiger partial charge >= 0.3 is 0 Å². The molecule has 7 nitrogen and oxygen atoms in total. The van der Waals surface area contributed by atoms with Gasteiger partial charge in [-0.05, 0) is 38.1 Å². The van der Waals surface area contributed by atoms with Crippen molar-refractivity contribution < 1.29 is 14.3 Å². The second-order valence-corrected chi connectivity index (χ2v) is 7.48. The molecular formula is C21H23ClN4O3S. The van der Waals surface area contributed by atoms with Gasteiger partial charge in [-0.1, -0.05) is 47.6 Å². The number of para-hydroxylation sites is 3. The molecule has 0 saturated carbocycles. The van der Waals surface area contributed by atoms with E-state index < -0.39 is 0 Å². The first-order valence-corrected chi connectivity index (χ1v) is 10.9. The largest absolute Gasteiger partial charge is 0.492 e. The fraction of sp³-hybridized carbons (Fsp3) is 0.286. The summed E-state index contributed by atoms with van der Waals surface area (Å²) < 4.78 is 13.2. The molecule has 9 heteroatoms. The van der Waals surface area contributed by atoms with Crippen LogP contribution in [-0.4, -0.2) is 33.0 Å². The summed E-state index contributed by atoms with van der Waals surface area (Å²) in [5, 5.41) is 12.5. The molecule has 1 amide bonds. The van der Waals surface area contributed by atoms with Crippen LogP contribution in [0.2, 0.25) is 5.02 Å². The van der Waals surface area contributed by atoms with Crippen LogP contribution in [-0.2, 0) is 17.9 Å². The van der Waals surface area contributed by atoms with Gasteiger partial charge in [-0.15, -0.1) is 10.2 Å². The maximum atomic E-state index is 12.4. The lowest BCUT2D eigenvalue weighted by Gasteiger charge is -2.11. The van der Waals surface area contributed by atoms with E-state index in [0.717, 1.165) is 0 Å². The average Bonchev–Trinajstić information content (AvgIpc) is 3.15. The van der Waals surface area contributed by atoms with Crippen LogP contribution < -0.4 is 14.8 Å². The molecule has 30 heavy (non-hydrogen) atoms. The number of amides is 1. The van der Waals surface area contributed by atoms with Gasteiger partial charge in [-0.2, -0.15) is 0 Å². The third-order valence-electron chi connectivity index (χ3n) is 4.10. The van der Waals surface area contributed by atoms with Gasteiger partial charge in [0.15, 0.2) is 11.0 Å². The van der Waals surface area contributed by atoms with Crippen LogP contribution in [0.4, 0.5) is 5.69 Å². The van der Waals surface area contributed by atoms with Crippen LogP contribution in [0.25, 0.3) is 0 Å². The van der Waals surface area contributed by atoms with Crippen molar-refractivity contribution in [3.63, 3.8) is 0 Å². The van der Waals surface area contributed by atoms with Crippen molar-refractivity contribution in [1.82, 2.24) is 14.8 Å². The molecule has 0 fully saturated rings. The number of ether oxygens (including phenoxy) is 2. The Morgan fingerprint density at radius 3 is 2.53 bits per heavy atom. The third-order valence-corrected chi connectivity index (χ3v) is 5.38. The molecule has 1 heterocycles. The first-order chi connectivity index (χ1) is 14.6. The van der Waals surface area contributed by atoms with Gasteiger partial charge in [-0.3, -0.25) is 4.79 Å². The Morgan fingerprint density at radius 2 is 1.80 bits per heavy atom. The van der Waals surface area contributed by atoms with Crippen molar-refractivity contribution in [2.45, 2.75) is 32.2 Å². The highest BCUT2D eigenvalue weighted by molar-refractivity contribution is 7.99. The fourth-order valence-corrected chi connectivity index (χ4v) is 3.73. The number of benzene rings is 2. The average molecular weight is 447 g/mol. The Labute approximate surface area is 184 Å². The molecule has 0 aliphatic rings. The number of hydrogen-bond acceptors (Lipinski definition) is 6. The molecule has 1 aromatic heterocycles. The number of nitrogens with zero attached hydrogens (tertiary/aromatic N) is 3. The van der Waals surface area contributed by atoms with Gasteiger partial charge in [0.2, 0.25) is 5.91 Å². The van der Waals surface area contributed by atoms with Gasteiger partial charge in [0.25, 0.3) is 0 Å². The minimum Gasteiger partial charge on any atom is -0.492 e. The molecule has 0 aliphatic heterocycles. The molecule has 0 spiro atoms. The predicted molar refractivity (Wildman–Crippen MR) is 118 cm³/mol. The Hall–Kier alpha value is -2.71. The first-order valence-electron chi connectivity index (χ1n) is 9.56. The number of thioether (sulfide) groups is 1. The molecule has 0 unspecified atom stereocenters. The number of carbonyl (C=O) groups is 1. The normalized spacial score (nSPS) is 10.6. The lowest BCUT2D eigenvalue weighted by Crippen LogP contribution is -2.15. The van der Waals surface area contributed by atoms with E-state index in [1.165, 1.54) is 11.8 Å². The van der Waals surface area contributed by atoms with Crippen molar-refractivity contribution in [2.75, 3.05) is 17.7 Å². The topological polar surface area (TPSA) is 78.3 Å². The number of rotatable bonds is 10. The van der Waals surface area contributed by atoms with Crippen molar-refractivity contribution >= 4 is 35.0 Å². The predicted octanol–water partition coefficient (Wildman–Crippen LogP) is 4.66. The van der Waals surface area contributed by atoms with E-state index in [1.807, 2.05) is 54.8 Å². The number of nitrogens with one attached hydrogen (secondary N) is 1. The Kier molecular flexibility index (Phi) is 7.98. The van der Waals surface area contributed by atoms with Crippen LogP contribution in [0.5, 0.6) is 11.5 Å². The third kappa shape index (κ3) is 5.67. The zero-order chi connectivity index (χ0) is 21.3. The molecule has 0 bridgehead atoms. The highest BCUT2D eigenvalue weighted by Crippen LogP contribution is 2.26. The monoisotopic (exact) mass is 446 g/mol. The molecule has 3 rings (SSSR count). The Bertz CT molecular complexity index is 996. The van der Waals surface area contributed by atoms with Gasteiger partial charge in [0.05, 0.1) is 23.1 Å². The second kappa shape index (κ2) is 10.9. The van der Waals surface area contributed by atoms with Crippen molar-refractivity contribution in [2.24, 2.45) is 0 Å². The van der Waals surface area contributed by atoms with Crippen LogP contribution in [0, 0.1) is 0 Å². The van der Waals surface area contributed by atoms with Gasteiger partial charge in [0.1, 0.15) is 18.1 Å². The summed E-state index contributed by atoms with van der Waals surface area (Å²) in [5.41, 5.74) is 0.649. The summed E-state index contributed by atoms with van der Waals surface area (Å²) in [6, 6.07) is 14.6. The molecular weight excluding hydrogens is 424 g/mol. The molecule has 0 atom stereocenters. The maximum absolute atomic E-state index is 12.4.